The van der Waals surface area contributed by atoms with Crippen LogP contribution in [0.15, 0.2) is 53.4 Å². The molecule has 0 aliphatic rings. The van der Waals surface area contributed by atoms with Crippen molar-refractivity contribution >= 4 is 15.9 Å². The predicted molar refractivity (Wildman–Crippen MR) is 112 cm³/mol. The van der Waals surface area contributed by atoms with Crippen LogP contribution in [0.1, 0.15) is 25.3 Å². The quantitative estimate of drug-likeness (QED) is 0.545. The molecule has 0 aliphatic heterocycles. The molecule has 0 radical (unpaired) electrons. The highest BCUT2D eigenvalue weighted by molar-refractivity contribution is 7.89. The molecule has 1 amide bonds. The number of unbranched alkanes of at least 4 members (excludes halogenated alkanes) is 1. The molecular weight excluding hydrogens is 392 g/mol. The Kier molecular flexibility index (Phi) is 8.48. The summed E-state index contributed by atoms with van der Waals surface area (Å²) in [5.74, 6) is 0.360. The second-order valence-corrected chi connectivity index (χ2v) is 8.24. The van der Waals surface area contributed by atoms with E-state index < -0.39 is 16.1 Å². The van der Waals surface area contributed by atoms with Crippen molar-refractivity contribution in [2.24, 2.45) is 0 Å². The van der Waals surface area contributed by atoms with Crippen LogP contribution in [0.2, 0.25) is 0 Å². The molecule has 2 aromatic carbocycles. The van der Waals surface area contributed by atoms with Crippen LogP contribution in [-0.2, 0) is 21.2 Å². The van der Waals surface area contributed by atoms with Gasteiger partial charge in [-0.15, -0.1) is 0 Å². The van der Waals surface area contributed by atoms with Gasteiger partial charge in [0.05, 0.1) is 19.1 Å². The lowest BCUT2D eigenvalue weighted by Gasteiger charge is -2.19. The van der Waals surface area contributed by atoms with Gasteiger partial charge in [0.1, 0.15) is 6.04 Å². The number of hydrogen-bond acceptors (Lipinski definition) is 5. The molecule has 1 unspecified atom stereocenters. The van der Waals surface area contributed by atoms with Crippen LogP contribution in [-0.4, -0.2) is 41.1 Å². The zero-order valence-corrected chi connectivity index (χ0v) is 17.8. The van der Waals surface area contributed by atoms with Gasteiger partial charge in [-0.05, 0) is 30.5 Å². The van der Waals surface area contributed by atoms with Crippen LogP contribution in [0.3, 0.4) is 0 Å². The van der Waals surface area contributed by atoms with Crippen molar-refractivity contribution < 1.29 is 22.7 Å². The molecule has 7 nitrogen and oxygen atoms in total. The van der Waals surface area contributed by atoms with Crippen LogP contribution in [0.5, 0.6) is 11.5 Å². The number of benzene rings is 2. The van der Waals surface area contributed by atoms with E-state index in [0.29, 0.717) is 18.0 Å². The third kappa shape index (κ3) is 6.47. The summed E-state index contributed by atoms with van der Waals surface area (Å²) >= 11 is 0. The van der Waals surface area contributed by atoms with E-state index in [9.17, 15) is 13.2 Å². The van der Waals surface area contributed by atoms with E-state index in [2.05, 4.69) is 10.0 Å². The van der Waals surface area contributed by atoms with Gasteiger partial charge in [0.15, 0.2) is 11.5 Å². The Labute approximate surface area is 172 Å². The molecular formula is C21H28N2O5S. The number of sulfonamides is 1. The van der Waals surface area contributed by atoms with Crippen LogP contribution < -0.4 is 19.5 Å². The minimum Gasteiger partial charge on any atom is -0.493 e. The Balaban J connectivity index is 2.26. The van der Waals surface area contributed by atoms with E-state index in [4.69, 9.17) is 9.47 Å². The summed E-state index contributed by atoms with van der Waals surface area (Å²) in [5.41, 5.74) is 0.859. The molecule has 0 spiro atoms. The van der Waals surface area contributed by atoms with Crippen LogP contribution in [0, 0.1) is 0 Å². The van der Waals surface area contributed by atoms with Gasteiger partial charge in [0.2, 0.25) is 15.9 Å². The SMILES string of the molecule is CCCCNC(=O)C(Cc1ccccc1)NS(=O)(=O)c1ccc(OC)c(OC)c1. The van der Waals surface area contributed by atoms with Crippen molar-refractivity contribution in [1.82, 2.24) is 10.0 Å². The predicted octanol–water partition coefficient (Wildman–Crippen LogP) is 2.51. The maximum atomic E-state index is 12.9. The fraction of sp³-hybridized carbons (Fsp3) is 0.381. The minimum absolute atomic E-state index is 0.00503. The average molecular weight is 421 g/mol. The summed E-state index contributed by atoms with van der Waals surface area (Å²) < 4.78 is 38.8. The van der Waals surface area contributed by atoms with Gasteiger partial charge in [-0.1, -0.05) is 43.7 Å². The normalized spacial score (nSPS) is 12.2. The molecule has 0 aliphatic carbocycles. The monoisotopic (exact) mass is 420 g/mol. The zero-order chi connectivity index (χ0) is 21.3. The minimum atomic E-state index is -3.96. The summed E-state index contributed by atoms with van der Waals surface area (Å²) in [6.07, 6.45) is 2.00. The third-order valence-electron chi connectivity index (χ3n) is 4.39. The van der Waals surface area contributed by atoms with E-state index >= 15 is 0 Å². The number of methoxy groups -OCH3 is 2. The Morgan fingerprint density at radius 3 is 2.34 bits per heavy atom. The molecule has 2 rings (SSSR count). The fourth-order valence-electron chi connectivity index (χ4n) is 2.79. The number of ether oxygens (including phenoxy) is 2. The van der Waals surface area contributed by atoms with Gasteiger partial charge < -0.3 is 14.8 Å². The van der Waals surface area contributed by atoms with Crippen molar-refractivity contribution in [2.45, 2.75) is 37.1 Å². The van der Waals surface area contributed by atoms with Crippen molar-refractivity contribution in [3.05, 3.63) is 54.1 Å². The standard InChI is InChI=1S/C21H28N2O5S/c1-4-5-13-22-21(24)18(14-16-9-7-6-8-10-16)23-29(25,26)17-11-12-19(27-2)20(15-17)28-3/h6-12,15,18,23H,4-5,13-14H2,1-3H3,(H,22,24). The molecule has 0 aromatic heterocycles. The summed E-state index contributed by atoms with van der Waals surface area (Å²) in [4.78, 5) is 12.7. The number of nitrogens with one attached hydrogen (secondary N) is 2. The van der Waals surface area contributed by atoms with E-state index in [1.54, 1.807) is 0 Å². The molecule has 2 aromatic rings. The van der Waals surface area contributed by atoms with Gasteiger partial charge >= 0.3 is 0 Å². The molecule has 0 fully saturated rings. The molecule has 0 saturated carbocycles. The van der Waals surface area contributed by atoms with Gasteiger partial charge in [-0.2, -0.15) is 4.72 Å². The number of carbonyl (C=O) groups excluding carboxylic acids is 1. The molecule has 0 saturated heterocycles. The number of amides is 1. The maximum absolute atomic E-state index is 12.9. The number of carbonyl (C=O) groups is 1. The molecule has 0 heterocycles. The van der Waals surface area contributed by atoms with Gasteiger partial charge in [-0.25, -0.2) is 8.42 Å². The van der Waals surface area contributed by atoms with E-state index in [0.717, 1.165) is 18.4 Å². The molecule has 29 heavy (non-hydrogen) atoms. The Bertz CT molecular complexity index is 901. The third-order valence-corrected chi connectivity index (χ3v) is 5.86. The van der Waals surface area contributed by atoms with Crippen LogP contribution in [0.4, 0.5) is 0 Å². The van der Waals surface area contributed by atoms with E-state index in [1.165, 1.54) is 32.4 Å². The summed E-state index contributed by atoms with van der Waals surface area (Å²) in [5, 5.41) is 2.81. The smallest absolute Gasteiger partial charge is 0.241 e. The van der Waals surface area contributed by atoms with Crippen LogP contribution in [0.25, 0.3) is 0 Å². The van der Waals surface area contributed by atoms with Crippen molar-refractivity contribution in [3.63, 3.8) is 0 Å². The first kappa shape index (κ1) is 22.7. The lowest BCUT2D eigenvalue weighted by molar-refractivity contribution is -0.122. The highest BCUT2D eigenvalue weighted by atomic mass is 32.2. The van der Waals surface area contributed by atoms with Gasteiger partial charge in [0.25, 0.3) is 0 Å². The highest BCUT2D eigenvalue weighted by Gasteiger charge is 2.26. The van der Waals surface area contributed by atoms with Crippen LogP contribution >= 0.6 is 0 Å². The second kappa shape index (κ2) is 10.8. The Morgan fingerprint density at radius 1 is 1.03 bits per heavy atom. The molecule has 2 N–H and O–H groups in total. The number of rotatable bonds is 11. The lowest BCUT2D eigenvalue weighted by atomic mass is 10.1. The van der Waals surface area contributed by atoms with Gasteiger partial charge in [0, 0.05) is 12.6 Å². The molecule has 0 bridgehead atoms. The van der Waals surface area contributed by atoms with Gasteiger partial charge in [-0.3, -0.25) is 4.79 Å². The van der Waals surface area contributed by atoms with E-state index in [1.807, 2.05) is 37.3 Å². The van der Waals surface area contributed by atoms with E-state index in [-0.39, 0.29) is 17.2 Å². The molecule has 8 heteroatoms. The summed E-state index contributed by atoms with van der Waals surface area (Å²) in [6.45, 7) is 2.52. The molecule has 1 atom stereocenters. The largest absolute Gasteiger partial charge is 0.493 e. The van der Waals surface area contributed by atoms with Crippen molar-refractivity contribution in [3.8, 4) is 11.5 Å². The first-order valence-electron chi connectivity index (χ1n) is 9.47. The number of hydrogen-bond donors (Lipinski definition) is 2. The van der Waals surface area contributed by atoms with Crippen molar-refractivity contribution in [2.75, 3.05) is 20.8 Å². The fourth-order valence-corrected chi connectivity index (χ4v) is 4.00. The molecule has 158 valence electrons. The zero-order valence-electron chi connectivity index (χ0n) is 17.0. The maximum Gasteiger partial charge on any atom is 0.241 e. The summed E-state index contributed by atoms with van der Waals surface area (Å²) in [6, 6.07) is 12.7. The Hall–Kier alpha value is -2.58. The Morgan fingerprint density at radius 2 is 1.72 bits per heavy atom. The lowest BCUT2D eigenvalue weighted by Crippen LogP contribution is -2.48. The first-order chi connectivity index (χ1) is 13.9. The highest BCUT2D eigenvalue weighted by Crippen LogP contribution is 2.29. The summed E-state index contributed by atoms with van der Waals surface area (Å²) in [7, 11) is -1.05. The topological polar surface area (TPSA) is 93.7 Å². The van der Waals surface area contributed by atoms with Crippen molar-refractivity contribution in [1.29, 1.82) is 0 Å². The average Bonchev–Trinajstić information content (AvgIpc) is 2.73. The first-order valence-corrected chi connectivity index (χ1v) is 11.0. The second-order valence-electron chi connectivity index (χ2n) is 6.52.